The lowest BCUT2D eigenvalue weighted by Gasteiger charge is -2.16. The van der Waals surface area contributed by atoms with E-state index in [1.807, 2.05) is 24.3 Å². The fourth-order valence-electron chi connectivity index (χ4n) is 1.76. The summed E-state index contributed by atoms with van der Waals surface area (Å²) in [6.45, 7) is 0.367. The zero-order valence-electron chi connectivity index (χ0n) is 11.7. The van der Waals surface area contributed by atoms with E-state index in [2.05, 4.69) is 10.1 Å². The molecule has 1 aromatic heterocycles. The number of nitrogens with two attached hydrogens (primary N) is 1. The van der Waals surface area contributed by atoms with Gasteiger partial charge in [-0.3, -0.25) is 19.4 Å². The summed E-state index contributed by atoms with van der Waals surface area (Å²) in [6.07, 6.45) is 0. The minimum absolute atomic E-state index is 0.0834. The predicted octanol–water partition coefficient (Wildman–Crippen LogP) is 0.269. The molecule has 3 N–H and O–H groups in total. The molecule has 1 atom stereocenters. The lowest BCUT2D eigenvalue weighted by Crippen LogP contribution is -2.34. The maximum absolute atomic E-state index is 11.4. The van der Waals surface area contributed by atoms with Crippen LogP contribution in [0.1, 0.15) is 10.8 Å². The topological polar surface area (TPSA) is 103 Å². The third-order valence-electron chi connectivity index (χ3n) is 2.90. The van der Waals surface area contributed by atoms with Gasteiger partial charge in [0, 0.05) is 18.8 Å². The van der Waals surface area contributed by atoms with Gasteiger partial charge in [-0.2, -0.15) is 4.98 Å². The first-order chi connectivity index (χ1) is 10.0. The molecule has 7 nitrogen and oxygen atoms in total. The van der Waals surface area contributed by atoms with Crippen molar-refractivity contribution in [3.8, 4) is 5.75 Å². The van der Waals surface area contributed by atoms with Crippen LogP contribution in [0.15, 0.2) is 39.0 Å². The summed E-state index contributed by atoms with van der Waals surface area (Å²) in [5.74, 6) is 0.758. The molecule has 0 fully saturated rings. The van der Waals surface area contributed by atoms with E-state index in [1.54, 1.807) is 14.2 Å². The van der Waals surface area contributed by atoms with E-state index in [0.29, 0.717) is 11.7 Å². The van der Waals surface area contributed by atoms with Gasteiger partial charge < -0.3 is 10.5 Å². The Bertz CT molecular complexity index is 723. The second kappa shape index (κ2) is 6.59. The smallest absolute Gasteiger partial charge is 0.339 e. The summed E-state index contributed by atoms with van der Waals surface area (Å²) in [6, 6.07) is 7.51. The van der Waals surface area contributed by atoms with Gasteiger partial charge in [-0.25, -0.2) is 0 Å². The molecular formula is C13H16N4O3S. The van der Waals surface area contributed by atoms with Crippen molar-refractivity contribution in [2.24, 2.45) is 12.8 Å². The number of methoxy groups -OCH3 is 1. The molecule has 21 heavy (non-hydrogen) atoms. The number of hydrogen-bond acceptors (Lipinski definition) is 6. The maximum atomic E-state index is 11.4. The molecule has 0 bridgehead atoms. The van der Waals surface area contributed by atoms with Crippen LogP contribution in [-0.4, -0.2) is 28.4 Å². The number of hydrogen-bond donors (Lipinski definition) is 2. The molecule has 0 saturated carbocycles. The first-order valence-corrected chi connectivity index (χ1v) is 7.11. The van der Waals surface area contributed by atoms with Crippen LogP contribution in [0.3, 0.4) is 0 Å². The van der Waals surface area contributed by atoms with Crippen LogP contribution in [0.5, 0.6) is 5.75 Å². The summed E-state index contributed by atoms with van der Waals surface area (Å²) >= 11 is 1.32. The van der Waals surface area contributed by atoms with Crippen LogP contribution in [0, 0.1) is 0 Å². The average molecular weight is 308 g/mol. The van der Waals surface area contributed by atoms with Crippen LogP contribution >= 0.6 is 11.8 Å². The fraction of sp³-hybridized carbons (Fsp3) is 0.308. The SMILES string of the molecule is COc1ccc(C(CN)Sc2nc(=O)c(=O)[nH]n2C)cc1. The number of aromatic nitrogens is 3. The molecule has 0 amide bonds. The Balaban J connectivity index is 2.28. The number of benzene rings is 1. The summed E-state index contributed by atoms with van der Waals surface area (Å²) in [4.78, 5) is 26.3. The molecule has 1 unspecified atom stereocenters. The van der Waals surface area contributed by atoms with Gasteiger partial charge in [0.1, 0.15) is 5.75 Å². The van der Waals surface area contributed by atoms with Gasteiger partial charge in [0.2, 0.25) is 0 Å². The Kier molecular flexibility index (Phi) is 4.81. The molecule has 0 radical (unpaired) electrons. The fourth-order valence-corrected chi connectivity index (χ4v) is 2.75. The van der Waals surface area contributed by atoms with E-state index in [-0.39, 0.29) is 5.25 Å². The number of nitrogens with zero attached hydrogens (tertiary/aromatic N) is 2. The van der Waals surface area contributed by atoms with Crippen molar-refractivity contribution >= 4 is 11.8 Å². The van der Waals surface area contributed by atoms with E-state index in [0.717, 1.165) is 11.3 Å². The van der Waals surface area contributed by atoms with E-state index in [1.165, 1.54) is 16.4 Å². The van der Waals surface area contributed by atoms with Crippen molar-refractivity contribution in [3.63, 3.8) is 0 Å². The standard InChI is InChI=1S/C13H16N4O3S/c1-17-13(15-11(18)12(19)16-17)21-10(7-14)8-3-5-9(20-2)6-4-8/h3-6,10H,7,14H2,1-2H3,(H,16,19). The van der Waals surface area contributed by atoms with Crippen molar-refractivity contribution < 1.29 is 4.74 Å². The monoisotopic (exact) mass is 308 g/mol. The normalized spacial score (nSPS) is 12.1. The molecular weight excluding hydrogens is 292 g/mol. The molecule has 2 rings (SSSR count). The molecule has 2 aromatic rings. The Labute approximate surface area is 125 Å². The van der Waals surface area contributed by atoms with E-state index >= 15 is 0 Å². The van der Waals surface area contributed by atoms with Gasteiger partial charge in [-0.15, -0.1) is 0 Å². The molecule has 1 heterocycles. The third kappa shape index (κ3) is 3.53. The molecule has 0 aliphatic heterocycles. The lowest BCUT2D eigenvalue weighted by molar-refractivity contribution is 0.414. The van der Waals surface area contributed by atoms with Crippen LogP contribution in [0.25, 0.3) is 0 Å². The van der Waals surface area contributed by atoms with Gasteiger partial charge in [0.15, 0.2) is 5.16 Å². The Hall–Kier alpha value is -2.06. The molecule has 0 aliphatic carbocycles. The summed E-state index contributed by atoms with van der Waals surface area (Å²) in [7, 11) is 3.22. The number of aryl methyl sites for hydroxylation is 1. The summed E-state index contributed by atoms with van der Waals surface area (Å²) in [5.41, 5.74) is 5.25. The molecule has 8 heteroatoms. The van der Waals surface area contributed by atoms with Crippen molar-refractivity contribution in [1.29, 1.82) is 0 Å². The minimum atomic E-state index is -0.805. The zero-order valence-corrected chi connectivity index (χ0v) is 12.5. The van der Waals surface area contributed by atoms with Gasteiger partial charge in [0.25, 0.3) is 0 Å². The average Bonchev–Trinajstić information content (AvgIpc) is 2.50. The largest absolute Gasteiger partial charge is 0.497 e. The van der Waals surface area contributed by atoms with E-state index in [9.17, 15) is 9.59 Å². The molecule has 1 aromatic carbocycles. The van der Waals surface area contributed by atoms with Crippen molar-refractivity contribution in [2.75, 3.05) is 13.7 Å². The Morgan fingerprint density at radius 1 is 1.38 bits per heavy atom. The Morgan fingerprint density at radius 3 is 2.62 bits per heavy atom. The van der Waals surface area contributed by atoms with Crippen LogP contribution in [0.2, 0.25) is 0 Å². The molecule has 112 valence electrons. The number of thioether (sulfide) groups is 1. The van der Waals surface area contributed by atoms with Gasteiger partial charge in [-0.1, -0.05) is 23.9 Å². The molecule has 0 saturated heterocycles. The number of nitrogens with one attached hydrogen (secondary N) is 1. The number of rotatable bonds is 5. The first kappa shape index (κ1) is 15.3. The third-order valence-corrected chi connectivity index (χ3v) is 4.22. The Morgan fingerprint density at radius 2 is 2.05 bits per heavy atom. The highest BCUT2D eigenvalue weighted by Gasteiger charge is 2.15. The highest BCUT2D eigenvalue weighted by atomic mass is 32.2. The minimum Gasteiger partial charge on any atom is -0.497 e. The highest BCUT2D eigenvalue weighted by Crippen LogP contribution is 2.32. The van der Waals surface area contributed by atoms with E-state index < -0.39 is 11.1 Å². The first-order valence-electron chi connectivity index (χ1n) is 6.23. The van der Waals surface area contributed by atoms with Gasteiger partial charge >= 0.3 is 11.1 Å². The number of H-pyrrole nitrogens is 1. The summed E-state index contributed by atoms with van der Waals surface area (Å²) in [5, 5.41) is 2.74. The maximum Gasteiger partial charge on any atom is 0.339 e. The zero-order chi connectivity index (χ0) is 15.4. The second-order valence-electron chi connectivity index (χ2n) is 4.31. The molecule has 0 spiro atoms. The van der Waals surface area contributed by atoms with Crippen molar-refractivity contribution in [2.45, 2.75) is 10.4 Å². The second-order valence-corrected chi connectivity index (χ2v) is 5.48. The number of aromatic amines is 1. The van der Waals surface area contributed by atoms with Crippen LogP contribution in [0.4, 0.5) is 0 Å². The number of ether oxygens (including phenoxy) is 1. The molecule has 0 aliphatic rings. The highest BCUT2D eigenvalue weighted by molar-refractivity contribution is 7.99. The van der Waals surface area contributed by atoms with Crippen molar-refractivity contribution in [3.05, 3.63) is 50.5 Å². The van der Waals surface area contributed by atoms with Crippen LogP contribution in [-0.2, 0) is 7.05 Å². The van der Waals surface area contributed by atoms with E-state index in [4.69, 9.17) is 10.5 Å². The van der Waals surface area contributed by atoms with Gasteiger partial charge in [-0.05, 0) is 17.7 Å². The summed E-state index contributed by atoms with van der Waals surface area (Å²) < 4.78 is 6.53. The van der Waals surface area contributed by atoms with Gasteiger partial charge in [0.05, 0.1) is 7.11 Å². The lowest BCUT2D eigenvalue weighted by atomic mass is 10.1. The van der Waals surface area contributed by atoms with Crippen LogP contribution < -0.4 is 21.6 Å². The predicted molar refractivity (Wildman–Crippen MR) is 80.7 cm³/mol. The quantitative estimate of drug-likeness (QED) is 0.607. The van der Waals surface area contributed by atoms with Crippen molar-refractivity contribution in [1.82, 2.24) is 14.8 Å².